The van der Waals surface area contributed by atoms with Gasteiger partial charge in [-0.1, -0.05) is 22.8 Å². The van der Waals surface area contributed by atoms with Crippen molar-refractivity contribution in [1.29, 1.82) is 0 Å². The Morgan fingerprint density at radius 2 is 1.78 bits per heavy atom. The van der Waals surface area contributed by atoms with Crippen LogP contribution in [0.4, 0.5) is 0 Å². The zero-order valence-electron chi connectivity index (χ0n) is 12.7. The normalized spacial score (nSPS) is 10.6. The molecule has 23 heavy (non-hydrogen) atoms. The van der Waals surface area contributed by atoms with Crippen molar-refractivity contribution in [1.82, 2.24) is 5.16 Å². The van der Waals surface area contributed by atoms with Crippen molar-refractivity contribution in [3.8, 4) is 17.1 Å². The van der Waals surface area contributed by atoms with E-state index >= 15 is 0 Å². The lowest BCUT2D eigenvalue weighted by Crippen LogP contribution is -2.08. The summed E-state index contributed by atoms with van der Waals surface area (Å²) in [6.45, 7) is 3.96. The highest BCUT2D eigenvalue weighted by Crippen LogP contribution is 2.23. The van der Waals surface area contributed by atoms with Gasteiger partial charge in [-0.3, -0.25) is 0 Å². The fourth-order valence-electron chi connectivity index (χ4n) is 2.06. The van der Waals surface area contributed by atoms with Crippen LogP contribution < -0.4 is 4.74 Å². The van der Waals surface area contributed by atoms with E-state index in [4.69, 9.17) is 20.9 Å². The molecule has 1 aromatic heterocycles. The van der Waals surface area contributed by atoms with E-state index in [1.54, 1.807) is 36.4 Å². The Labute approximate surface area is 138 Å². The summed E-state index contributed by atoms with van der Waals surface area (Å²) in [4.78, 5) is 12.1. The van der Waals surface area contributed by atoms with E-state index in [1.807, 2.05) is 26.0 Å². The van der Waals surface area contributed by atoms with Gasteiger partial charge in [-0.15, -0.1) is 0 Å². The van der Waals surface area contributed by atoms with Crippen molar-refractivity contribution in [3.05, 3.63) is 70.4 Å². The third kappa shape index (κ3) is 3.43. The zero-order chi connectivity index (χ0) is 16.4. The third-order valence-electron chi connectivity index (χ3n) is 3.54. The SMILES string of the molecule is Cc1ccc(OC(=O)c2cc(-c3ccc(Cl)cc3)on2)cc1C. The van der Waals surface area contributed by atoms with Crippen LogP contribution in [0.1, 0.15) is 21.6 Å². The number of aromatic nitrogens is 1. The molecule has 3 rings (SSSR count). The topological polar surface area (TPSA) is 52.3 Å². The second kappa shape index (κ2) is 6.26. The quantitative estimate of drug-likeness (QED) is 0.510. The minimum Gasteiger partial charge on any atom is -0.422 e. The number of ether oxygens (including phenoxy) is 1. The average Bonchev–Trinajstić information content (AvgIpc) is 3.02. The molecule has 116 valence electrons. The molecule has 1 heterocycles. The van der Waals surface area contributed by atoms with Gasteiger partial charge in [-0.25, -0.2) is 4.79 Å². The molecule has 0 aliphatic rings. The van der Waals surface area contributed by atoms with E-state index in [9.17, 15) is 4.79 Å². The highest BCUT2D eigenvalue weighted by molar-refractivity contribution is 6.30. The van der Waals surface area contributed by atoms with Gasteiger partial charge in [0, 0.05) is 16.7 Å². The minimum atomic E-state index is -0.558. The molecule has 0 aliphatic carbocycles. The summed E-state index contributed by atoms with van der Waals surface area (Å²) >= 11 is 5.85. The summed E-state index contributed by atoms with van der Waals surface area (Å²) in [7, 11) is 0. The summed E-state index contributed by atoms with van der Waals surface area (Å²) in [6.07, 6.45) is 0. The average molecular weight is 328 g/mol. The Morgan fingerprint density at radius 1 is 1.04 bits per heavy atom. The van der Waals surface area contributed by atoms with Crippen molar-refractivity contribution >= 4 is 17.6 Å². The first-order chi connectivity index (χ1) is 11.0. The van der Waals surface area contributed by atoms with Crippen LogP contribution in [0.3, 0.4) is 0 Å². The molecule has 0 radical (unpaired) electrons. The fourth-order valence-corrected chi connectivity index (χ4v) is 2.18. The first-order valence-corrected chi connectivity index (χ1v) is 7.43. The van der Waals surface area contributed by atoms with Gasteiger partial charge >= 0.3 is 5.97 Å². The molecule has 0 N–H and O–H groups in total. The van der Waals surface area contributed by atoms with E-state index in [0.717, 1.165) is 16.7 Å². The van der Waals surface area contributed by atoms with Crippen LogP contribution in [0, 0.1) is 13.8 Å². The van der Waals surface area contributed by atoms with Gasteiger partial charge in [-0.05, 0) is 61.4 Å². The molecule has 0 fully saturated rings. The Hall–Kier alpha value is -2.59. The van der Waals surface area contributed by atoms with Gasteiger partial charge in [-0.2, -0.15) is 0 Å². The number of nitrogens with zero attached hydrogens (tertiary/aromatic N) is 1. The maximum atomic E-state index is 12.1. The molecular weight excluding hydrogens is 314 g/mol. The number of esters is 1. The molecule has 0 saturated carbocycles. The highest BCUT2D eigenvalue weighted by atomic mass is 35.5. The molecular formula is C18H14ClNO3. The molecule has 0 amide bonds. The van der Waals surface area contributed by atoms with Gasteiger partial charge in [0.05, 0.1) is 0 Å². The Balaban J connectivity index is 1.78. The second-order valence-corrected chi connectivity index (χ2v) is 5.66. The molecule has 4 nitrogen and oxygen atoms in total. The number of aryl methyl sites for hydroxylation is 2. The van der Waals surface area contributed by atoms with Crippen LogP contribution in [0.25, 0.3) is 11.3 Å². The van der Waals surface area contributed by atoms with E-state index < -0.39 is 5.97 Å². The molecule has 0 unspecified atom stereocenters. The van der Waals surface area contributed by atoms with Crippen LogP contribution in [-0.4, -0.2) is 11.1 Å². The number of rotatable bonds is 3. The van der Waals surface area contributed by atoms with Crippen molar-refractivity contribution in [2.45, 2.75) is 13.8 Å². The Morgan fingerprint density at radius 3 is 2.48 bits per heavy atom. The maximum absolute atomic E-state index is 12.1. The Kier molecular flexibility index (Phi) is 4.17. The van der Waals surface area contributed by atoms with Gasteiger partial charge in [0.15, 0.2) is 11.5 Å². The molecule has 0 bridgehead atoms. The van der Waals surface area contributed by atoms with E-state index in [2.05, 4.69) is 5.16 Å². The molecule has 0 saturated heterocycles. The van der Waals surface area contributed by atoms with Crippen molar-refractivity contribution < 1.29 is 14.1 Å². The minimum absolute atomic E-state index is 0.119. The van der Waals surface area contributed by atoms with E-state index in [1.165, 1.54) is 0 Å². The van der Waals surface area contributed by atoms with Gasteiger partial charge in [0.25, 0.3) is 0 Å². The van der Waals surface area contributed by atoms with Crippen molar-refractivity contribution in [2.75, 3.05) is 0 Å². The highest BCUT2D eigenvalue weighted by Gasteiger charge is 2.16. The fraction of sp³-hybridized carbons (Fsp3) is 0.111. The number of hydrogen-bond donors (Lipinski definition) is 0. The molecule has 3 aromatic rings. The van der Waals surface area contributed by atoms with E-state index in [0.29, 0.717) is 16.5 Å². The number of benzene rings is 2. The predicted octanol–water partition coefficient (Wildman–Crippen LogP) is 4.83. The number of halogens is 1. The van der Waals surface area contributed by atoms with Crippen LogP contribution >= 0.6 is 11.6 Å². The van der Waals surface area contributed by atoms with Crippen LogP contribution in [0.5, 0.6) is 5.75 Å². The summed E-state index contributed by atoms with van der Waals surface area (Å²) in [5.74, 6) is 0.403. The maximum Gasteiger partial charge on any atom is 0.365 e. The van der Waals surface area contributed by atoms with Gasteiger partial charge in [0.2, 0.25) is 0 Å². The summed E-state index contributed by atoms with van der Waals surface area (Å²) in [5.41, 5.74) is 3.09. The second-order valence-electron chi connectivity index (χ2n) is 5.22. The van der Waals surface area contributed by atoms with Crippen LogP contribution in [0.2, 0.25) is 5.02 Å². The smallest absolute Gasteiger partial charge is 0.365 e. The number of carbonyl (C=O) groups is 1. The molecule has 5 heteroatoms. The lowest BCUT2D eigenvalue weighted by Gasteiger charge is -2.04. The third-order valence-corrected chi connectivity index (χ3v) is 3.79. The number of hydrogen-bond acceptors (Lipinski definition) is 4. The zero-order valence-corrected chi connectivity index (χ0v) is 13.4. The standard InChI is InChI=1S/C18H14ClNO3/c1-11-3-8-15(9-12(11)2)22-18(21)16-10-17(23-20-16)13-4-6-14(19)7-5-13/h3-10H,1-2H3. The van der Waals surface area contributed by atoms with Crippen LogP contribution in [-0.2, 0) is 0 Å². The number of carbonyl (C=O) groups excluding carboxylic acids is 1. The van der Waals surface area contributed by atoms with Crippen molar-refractivity contribution in [3.63, 3.8) is 0 Å². The lowest BCUT2D eigenvalue weighted by atomic mass is 10.1. The van der Waals surface area contributed by atoms with E-state index in [-0.39, 0.29) is 5.69 Å². The monoisotopic (exact) mass is 327 g/mol. The molecule has 0 spiro atoms. The first-order valence-electron chi connectivity index (χ1n) is 7.05. The largest absolute Gasteiger partial charge is 0.422 e. The first kappa shape index (κ1) is 15.3. The summed E-state index contributed by atoms with van der Waals surface area (Å²) in [5, 5.41) is 4.40. The molecule has 2 aromatic carbocycles. The Bertz CT molecular complexity index is 853. The lowest BCUT2D eigenvalue weighted by molar-refractivity contribution is 0.0724. The van der Waals surface area contributed by atoms with Crippen LogP contribution in [0.15, 0.2) is 53.1 Å². The van der Waals surface area contributed by atoms with Gasteiger partial charge < -0.3 is 9.26 Å². The molecule has 0 atom stereocenters. The van der Waals surface area contributed by atoms with Crippen molar-refractivity contribution in [2.24, 2.45) is 0 Å². The summed E-state index contributed by atoms with van der Waals surface area (Å²) < 4.78 is 10.5. The summed E-state index contributed by atoms with van der Waals surface area (Å²) in [6, 6.07) is 14.1. The van der Waals surface area contributed by atoms with Gasteiger partial charge in [0.1, 0.15) is 5.75 Å². The predicted molar refractivity (Wildman–Crippen MR) is 87.8 cm³/mol. The molecule has 0 aliphatic heterocycles.